The zero-order valence-electron chi connectivity index (χ0n) is 18.7. The van der Waals surface area contributed by atoms with E-state index >= 15 is 0 Å². The second kappa shape index (κ2) is 7.52. The van der Waals surface area contributed by atoms with Gasteiger partial charge in [0.15, 0.2) is 0 Å². The molecule has 3 heterocycles. The molecule has 0 unspecified atom stereocenters. The van der Waals surface area contributed by atoms with Crippen LogP contribution in [0.3, 0.4) is 0 Å². The molecule has 3 aliphatic heterocycles. The zero-order chi connectivity index (χ0) is 24.4. The summed E-state index contributed by atoms with van der Waals surface area (Å²) in [4.78, 5) is 55.2. The number of nitrogens with zero attached hydrogens (tertiary/aromatic N) is 4. The van der Waals surface area contributed by atoms with E-state index < -0.39 is 23.0 Å². The molecule has 10 heteroatoms. The lowest BCUT2D eigenvalue weighted by atomic mass is 10.1. The van der Waals surface area contributed by atoms with Crippen molar-refractivity contribution in [3.05, 3.63) is 76.3 Å². The van der Waals surface area contributed by atoms with Crippen LogP contribution < -0.4 is 10.2 Å². The van der Waals surface area contributed by atoms with Crippen LogP contribution >= 0.6 is 0 Å². The summed E-state index contributed by atoms with van der Waals surface area (Å²) < 4.78 is 0. The Morgan fingerprint density at radius 3 is 2.66 bits per heavy atom. The van der Waals surface area contributed by atoms with Crippen molar-refractivity contribution in [1.82, 2.24) is 9.80 Å². The van der Waals surface area contributed by atoms with E-state index in [1.165, 1.54) is 11.0 Å². The van der Waals surface area contributed by atoms with Crippen molar-refractivity contribution >= 4 is 45.8 Å². The van der Waals surface area contributed by atoms with E-state index in [0.29, 0.717) is 29.9 Å². The molecule has 0 aliphatic carbocycles. The third kappa shape index (κ3) is 3.06. The number of rotatable bonds is 3. The minimum absolute atomic E-state index is 0.0841. The lowest BCUT2D eigenvalue weighted by Crippen LogP contribution is -2.55. The number of imide groups is 1. The molecule has 176 valence electrons. The fraction of sp³-hybridized carbons (Fsp3) is 0.240. The first-order chi connectivity index (χ1) is 16.8. The van der Waals surface area contributed by atoms with Gasteiger partial charge in [0, 0.05) is 29.2 Å². The third-order valence-electron chi connectivity index (χ3n) is 7.19. The molecule has 0 spiro atoms. The first-order valence-corrected chi connectivity index (χ1v) is 11.3. The summed E-state index contributed by atoms with van der Waals surface area (Å²) in [5, 5.41) is 15.7. The molecule has 35 heavy (non-hydrogen) atoms. The Bertz CT molecular complexity index is 1430. The molecule has 5 amide bonds. The summed E-state index contributed by atoms with van der Waals surface area (Å²) in [5.41, 5.74) is 1.25. The number of amides is 5. The van der Waals surface area contributed by atoms with E-state index in [-0.39, 0.29) is 23.7 Å². The van der Waals surface area contributed by atoms with E-state index in [2.05, 4.69) is 5.32 Å². The number of aryl methyl sites for hydroxylation is 1. The molecule has 3 atom stereocenters. The first kappa shape index (κ1) is 21.1. The number of carbonyl (C=O) groups excluding carboxylic acids is 3. The van der Waals surface area contributed by atoms with E-state index in [4.69, 9.17) is 0 Å². The highest BCUT2D eigenvalue weighted by Gasteiger charge is 2.63. The third-order valence-corrected chi connectivity index (χ3v) is 7.19. The molecule has 3 aromatic rings. The largest absolute Gasteiger partial charge is 0.332 e. The Hall–Kier alpha value is -4.47. The van der Waals surface area contributed by atoms with Crippen molar-refractivity contribution in [2.24, 2.45) is 0 Å². The highest BCUT2D eigenvalue weighted by Crippen LogP contribution is 2.43. The summed E-state index contributed by atoms with van der Waals surface area (Å²) in [6.45, 7) is 1.92. The van der Waals surface area contributed by atoms with Gasteiger partial charge in [0.25, 0.3) is 11.6 Å². The number of hydrogen-bond donors (Lipinski definition) is 1. The quantitative estimate of drug-likeness (QED) is 0.354. The number of nitro benzene ring substituents is 1. The fourth-order valence-electron chi connectivity index (χ4n) is 5.59. The van der Waals surface area contributed by atoms with Crippen molar-refractivity contribution in [2.75, 3.05) is 16.8 Å². The van der Waals surface area contributed by atoms with Gasteiger partial charge in [0.1, 0.15) is 6.04 Å². The molecule has 3 fully saturated rings. The van der Waals surface area contributed by atoms with Gasteiger partial charge in [-0.2, -0.15) is 0 Å². The molecule has 0 saturated carbocycles. The maximum absolute atomic E-state index is 13.5. The van der Waals surface area contributed by atoms with Crippen LogP contribution in [0.5, 0.6) is 0 Å². The van der Waals surface area contributed by atoms with Crippen molar-refractivity contribution in [3.63, 3.8) is 0 Å². The van der Waals surface area contributed by atoms with Gasteiger partial charge in [0.2, 0.25) is 0 Å². The summed E-state index contributed by atoms with van der Waals surface area (Å²) in [5.74, 6) is -0.345. The van der Waals surface area contributed by atoms with Gasteiger partial charge in [-0.25, -0.2) is 14.5 Å². The Morgan fingerprint density at radius 1 is 1.09 bits per heavy atom. The molecular formula is C25H21N5O5. The average molecular weight is 471 g/mol. The molecule has 6 rings (SSSR count). The van der Waals surface area contributed by atoms with Crippen LogP contribution in [0.4, 0.5) is 26.7 Å². The molecule has 0 radical (unpaired) electrons. The fourth-order valence-corrected chi connectivity index (χ4v) is 5.59. The number of piperazine rings is 1. The van der Waals surface area contributed by atoms with Gasteiger partial charge in [0.05, 0.1) is 22.7 Å². The topological polar surface area (TPSA) is 116 Å². The first-order valence-electron chi connectivity index (χ1n) is 11.3. The molecule has 0 aromatic heterocycles. The summed E-state index contributed by atoms with van der Waals surface area (Å²) in [6.07, 6.45) is 0.521. The zero-order valence-corrected chi connectivity index (χ0v) is 18.7. The van der Waals surface area contributed by atoms with Gasteiger partial charge >= 0.3 is 12.1 Å². The normalized spacial score (nSPS) is 22.8. The van der Waals surface area contributed by atoms with Gasteiger partial charge in [-0.15, -0.1) is 0 Å². The predicted octanol–water partition coefficient (Wildman–Crippen LogP) is 3.88. The average Bonchev–Trinajstić information content (AvgIpc) is 3.51. The van der Waals surface area contributed by atoms with Crippen molar-refractivity contribution < 1.29 is 19.3 Å². The number of nitrogens with one attached hydrogen (secondary N) is 1. The van der Waals surface area contributed by atoms with Crippen LogP contribution in [0.2, 0.25) is 0 Å². The number of likely N-dealkylation sites (tertiary alicyclic amines) is 1. The highest BCUT2D eigenvalue weighted by atomic mass is 16.6. The van der Waals surface area contributed by atoms with Crippen LogP contribution in [-0.2, 0) is 4.79 Å². The molecule has 3 aromatic carbocycles. The van der Waals surface area contributed by atoms with E-state index in [1.54, 1.807) is 34.9 Å². The van der Waals surface area contributed by atoms with Crippen molar-refractivity contribution in [2.45, 2.75) is 31.5 Å². The minimum Gasteiger partial charge on any atom is -0.317 e. The lowest BCUT2D eigenvalue weighted by molar-refractivity contribution is -0.385. The number of hydrogen-bond acceptors (Lipinski definition) is 5. The number of anilines is 2. The number of benzene rings is 3. The molecular weight excluding hydrogens is 450 g/mol. The van der Waals surface area contributed by atoms with Crippen molar-refractivity contribution in [3.8, 4) is 0 Å². The molecule has 1 N–H and O–H groups in total. The maximum Gasteiger partial charge on any atom is 0.332 e. The Balaban J connectivity index is 1.27. The summed E-state index contributed by atoms with van der Waals surface area (Å²) in [7, 11) is 0. The minimum atomic E-state index is -0.752. The van der Waals surface area contributed by atoms with Gasteiger partial charge in [-0.3, -0.25) is 14.9 Å². The van der Waals surface area contributed by atoms with Gasteiger partial charge in [-0.1, -0.05) is 42.5 Å². The number of fused-ring (bicyclic) bond motifs is 6. The number of nitro groups is 1. The molecule has 10 nitrogen and oxygen atoms in total. The summed E-state index contributed by atoms with van der Waals surface area (Å²) >= 11 is 0. The van der Waals surface area contributed by atoms with Crippen LogP contribution in [0.25, 0.3) is 10.8 Å². The monoisotopic (exact) mass is 471 g/mol. The second-order valence-corrected chi connectivity index (χ2v) is 9.10. The smallest absolute Gasteiger partial charge is 0.317 e. The van der Waals surface area contributed by atoms with E-state index in [9.17, 15) is 24.5 Å². The molecule has 3 saturated heterocycles. The Labute approximate surface area is 199 Å². The Morgan fingerprint density at radius 2 is 1.86 bits per heavy atom. The van der Waals surface area contributed by atoms with E-state index in [1.807, 2.05) is 36.4 Å². The van der Waals surface area contributed by atoms with E-state index in [0.717, 1.165) is 10.8 Å². The summed E-state index contributed by atoms with van der Waals surface area (Å²) in [6, 6.07) is 15.3. The maximum atomic E-state index is 13.5. The number of urea groups is 2. The van der Waals surface area contributed by atoms with Gasteiger partial charge < -0.3 is 15.1 Å². The SMILES string of the molecule is Cc1ccc(NC(=O)N2C[C@@H]3C[C@H]2[C@H]2C(=O)N(c4cccc5ccccc45)C(=O)N32)cc1[N+](=O)[O-]. The Kier molecular flexibility index (Phi) is 4.53. The predicted molar refractivity (Wildman–Crippen MR) is 128 cm³/mol. The standard InChI is InChI=1S/C25H21N5O5/c1-14-9-10-16(11-20(14)30(34)35)26-24(32)27-13-17-12-21(27)22-23(31)29(25(33)28(17)22)19-8-4-6-15-5-2-3-7-18(15)19/h2-11,17,21-22H,12-13H2,1H3,(H,26,32)/t17-,21-,22-/m0/s1. The van der Waals surface area contributed by atoms with Gasteiger partial charge in [-0.05, 0) is 30.9 Å². The second-order valence-electron chi connectivity index (χ2n) is 9.10. The van der Waals surface area contributed by atoms with Crippen LogP contribution in [0, 0.1) is 17.0 Å². The van der Waals surface area contributed by atoms with Crippen LogP contribution in [0.1, 0.15) is 12.0 Å². The van der Waals surface area contributed by atoms with Crippen LogP contribution in [-0.4, -0.2) is 57.4 Å². The molecule has 3 aliphatic rings. The number of carbonyl (C=O) groups is 3. The van der Waals surface area contributed by atoms with Crippen molar-refractivity contribution in [1.29, 1.82) is 0 Å². The molecule has 2 bridgehead atoms. The lowest BCUT2D eigenvalue weighted by Gasteiger charge is -2.34. The highest BCUT2D eigenvalue weighted by molar-refractivity contribution is 6.25. The van der Waals surface area contributed by atoms with Crippen LogP contribution in [0.15, 0.2) is 60.7 Å².